The van der Waals surface area contributed by atoms with E-state index in [2.05, 4.69) is 10.3 Å². The van der Waals surface area contributed by atoms with Gasteiger partial charge in [0.2, 0.25) is 0 Å². The number of thiophene rings is 1. The Morgan fingerprint density at radius 1 is 1.13 bits per heavy atom. The van der Waals surface area contributed by atoms with Gasteiger partial charge in [0.1, 0.15) is 11.6 Å². The van der Waals surface area contributed by atoms with Gasteiger partial charge in [-0.2, -0.15) is 0 Å². The summed E-state index contributed by atoms with van der Waals surface area (Å²) in [5.74, 6) is 0.103. The van der Waals surface area contributed by atoms with Crippen LogP contribution in [0.2, 0.25) is 0 Å². The highest BCUT2D eigenvalue weighted by molar-refractivity contribution is 7.16. The fourth-order valence-corrected chi connectivity index (χ4v) is 4.43. The van der Waals surface area contributed by atoms with Crippen LogP contribution < -0.4 is 14.8 Å². The van der Waals surface area contributed by atoms with E-state index in [1.54, 1.807) is 29.5 Å². The zero-order chi connectivity index (χ0) is 21.8. The lowest BCUT2D eigenvalue weighted by Gasteiger charge is -2.12. The number of carbonyl (C=O) groups excluding carboxylic acids is 2. The maximum absolute atomic E-state index is 12.8. The summed E-state index contributed by atoms with van der Waals surface area (Å²) in [6.07, 6.45) is 0. The summed E-state index contributed by atoms with van der Waals surface area (Å²) in [4.78, 5) is 30.2. The SMILES string of the molecule is COC(=O)c1c(NC(=O)c2ccc(OCc3csc(C)n3)c(OC)c2)sc(C)c1C. The Bertz CT molecular complexity index is 1090. The molecule has 0 radical (unpaired) electrons. The minimum Gasteiger partial charge on any atom is -0.493 e. The predicted octanol–water partition coefficient (Wildman–Crippen LogP) is 4.76. The quantitative estimate of drug-likeness (QED) is 0.527. The Labute approximate surface area is 182 Å². The number of ether oxygens (including phenoxy) is 3. The van der Waals surface area contributed by atoms with Crippen molar-refractivity contribution in [2.24, 2.45) is 0 Å². The van der Waals surface area contributed by atoms with Gasteiger partial charge in [0.05, 0.1) is 30.5 Å². The standard InChI is InChI=1S/C21H22N2O5S2/c1-11-12(2)30-20(18(11)21(25)27-5)23-19(24)14-6-7-16(17(8-14)26-4)28-9-15-10-29-13(3)22-15/h6-8,10H,9H2,1-5H3,(H,23,24). The normalized spacial score (nSPS) is 10.6. The van der Waals surface area contributed by atoms with Gasteiger partial charge in [0, 0.05) is 15.8 Å². The number of anilines is 1. The molecule has 158 valence electrons. The third-order valence-corrected chi connectivity index (χ3v) is 6.41. The smallest absolute Gasteiger partial charge is 0.341 e. The van der Waals surface area contributed by atoms with Crippen molar-refractivity contribution < 1.29 is 23.8 Å². The van der Waals surface area contributed by atoms with E-state index < -0.39 is 5.97 Å². The van der Waals surface area contributed by atoms with E-state index in [0.29, 0.717) is 34.2 Å². The average molecular weight is 447 g/mol. The highest BCUT2D eigenvalue weighted by Crippen LogP contribution is 2.34. The van der Waals surface area contributed by atoms with Crippen LogP contribution in [0, 0.1) is 20.8 Å². The number of thiazole rings is 1. The molecule has 0 spiro atoms. The molecule has 0 atom stereocenters. The van der Waals surface area contributed by atoms with E-state index in [9.17, 15) is 9.59 Å². The third kappa shape index (κ3) is 4.63. The molecule has 0 aliphatic heterocycles. The molecule has 7 nitrogen and oxygen atoms in total. The zero-order valence-electron chi connectivity index (χ0n) is 17.3. The number of amides is 1. The van der Waals surface area contributed by atoms with Crippen LogP contribution in [0.25, 0.3) is 0 Å². The molecule has 3 rings (SSSR count). The first-order chi connectivity index (χ1) is 14.3. The molecule has 1 aromatic carbocycles. The fourth-order valence-electron chi connectivity index (χ4n) is 2.79. The van der Waals surface area contributed by atoms with Crippen LogP contribution in [-0.4, -0.2) is 31.1 Å². The van der Waals surface area contributed by atoms with Crippen molar-refractivity contribution in [2.45, 2.75) is 27.4 Å². The maximum Gasteiger partial charge on any atom is 0.341 e. The minimum atomic E-state index is -0.481. The molecule has 0 bridgehead atoms. The van der Waals surface area contributed by atoms with Crippen molar-refractivity contribution in [1.29, 1.82) is 0 Å². The molecule has 0 saturated heterocycles. The van der Waals surface area contributed by atoms with E-state index in [1.165, 1.54) is 25.6 Å². The Morgan fingerprint density at radius 2 is 1.90 bits per heavy atom. The van der Waals surface area contributed by atoms with Crippen molar-refractivity contribution in [3.05, 3.63) is 55.8 Å². The van der Waals surface area contributed by atoms with Crippen LogP contribution >= 0.6 is 22.7 Å². The number of nitrogens with one attached hydrogen (secondary N) is 1. The molecule has 2 heterocycles. The molecule has 0 unspecified atom stereocenters. The van der Waals surface area contributed by atoms with Crippen molar-refractivity contribution in [3.63, 3.8) is 0 Å². The molecule has 2 aromatic heterocycles. The highest BCUT2D eigenvalue weighted by atomic mass is 32.1. The Morgan fingerprint density at radius 3 is 2.53 bits per heavy atom. The number of methoxy groups -OCH3 is 2. The molecular weight excluding hydrogens is 424 g/mol. The summed E-state index contributed by atoms with van der Waals surface area (Å²) in [6.45, 7) is 5.96. The molecule has 30 heavy (non-hydrogen) atoms. The van der Waals surface area contributed by atoms with Crippen molar-refractivity contribution in [1.82, 2.24) is 4.98 Å². The van der Waals surface area contributed by atoms with Crippen LogP contribution in [-0.2, 0) is 11.3 Å². The first-order valence-electron chi connectivity index (χ1n) is 9.05. The Hall–Kier alpha value is -2.91. The molecule has 3 aromatic rings. The average Bonchev–Trinajstić information content (AvgIpc) is 3.28. The summed E-state index contributed by atoms with van der Waals surface area (Å²) in [7, 11) is 2.83. The molecule has 1 N–H and O–H groups in total. The number of hydrogen-bond acceptors (Lipinski definition) is 8. The number of esters is 1. The van der Waals surface area contributed by atoms with E-state index in [1.807, 2.05) is 26.2 Å². The monoisotopic (exact) mass is 446 g/mol. The Balaban J connectivity index is 1.78. The number of rotatable bonds is 7. The van der Waals surface area contributed by atoms with Crippen molar-refractivity contribution in [3.8, 4) is 11.5 Å². The van der Waals surface area contributed by atoms with Gasteiger partial charge in [0.25, 0.3) is 5.91 Å². The van der Waals surface area contributed by atoms with Gasteiger partial charge in [-0.3, -0.25) is 4.79 Å². The molecular formula is C21H22N2O5S2. The number of carbonyl (C=O) groups is 2. The summed E-state index contributed by atoms with van der Waals surface area (Å²) in [5.41, 5.74) is 2.38. The van der Waals surface area contributed by atoms with E-state index in [0.717, 1.165) is 21.1 Å². The van der Waals surface area contributed by atoms with Gasteiger partial charge in [-0.25, -0.2) is 9.78 Å². The van der Waals surface area contributed by atoms with Crippen LogP contribution in [0.5, 0.6) is 11.5 Å². The van der Waals surface area contributed by atoms with Crippen molar-refractivity contribution in [2.75, 3.05) is 19.5 Å². The van der Waals surface area contributed by atoms with Gasteiger partial charge in [-0.1, -0.05) is 0 Å². The first kappa shape index (κ1) is 21.8. The Kier molecular flexibility index (Phi) is 6.73. The molecule has 0 fully saturated rings. The van der Waals surface area contributed by atoms with E-state index >= 15 is 0 Å². The van der Waals surface area contributed by atoms with Gasteiger partial charge in [-0.05, 0) is 44.5 Å². The van der Waals surface area contributed by atoms with Crippen LogP contribution in [0.15, 0.2) is 23.6 Å². The number of aryl methyl sites for hydroxylation is 2. The van der Waals surface area contributed by atoms with Gasteiger partial charge >= 0.3 is 5.97 Å². The summed E-state index contributed by atoms with van der Waals surface area (Å²) < 4.78 is 16.0. The maximum atomic E-state index is 12.8. The predicted molar refractivity (Wildman–Crippen MR) is 117 cm³/mol. The lowest BCUT2D eigenvalue weighted by atomic mass is 10.1. The highest BCUT2D eigenvalue weighted by Gasteiger charge is 2.22. The lowest BCUT2D eigenvalue weighted by molar-refractivity contribution is 0.0601. The van der Waals surface area contributed by atoms with Gasteiger partial charge in [-0.15, -0.1) is 22.7 Å². The zero-order valence-corrected chi connectivity index (χ0v) is 19.0. The van der Waals surface area contributed by atoms with Crippen LogP contribution in [0.4, 0.5) is 5.00 Å². The summed E-state index contributed by atoms with van der Waals surface area (Å²) in [5, 5.41) is 6.18. The topological polar surface area (TPSA) is 86.8 Å². The van der Waals surface area contributed by atoms with Gasteiger partial charge < -0.3 is 19.5 Å². The molecule has 0 saturated carbocycles. The van der Waals surface area contributed by atoms with Gasteiger partial charge in [0.15, 0.2) is 11.5 Å². The molecule has 0 aliphatic carbocycles. The van der Waals surface area contributed by atoms with E-state index in [-0.39, 0.29) is 5.91 Å². The molecule has 1 amide bonds. The van der Waals surface area contributed by atoms with Crippen LogP contribution in [0.3, 0.4) is 0 Å². The first-order valence-corrected chi connectivity index (χ1v) is 10.7. The second-order valence-electron chi connectivity index (χ2n) is 6.45. The number of benzene rings is 1. The molecule has 9 heteroatoms. The number of aromatic nitrogens is 1. The third-order valence-electron chi connectivity index (χ3n) is 4.47. The van der Waals surface area contributed by atoms with Crippen molar-refractivity contribution >= 4 is 39.6 Å². The fraction of sp³-hybridized carbons (Fsp3) is 0.286. The molecule has 0 aliphatic rings. The number of nitrogens with zero attached hydrogens (tertiary/aromatic N) is 1. The summed E-state index contributed by atoms with van der Waals surface area (Å²) >= 11 is 2.89. The number of hydrogen-bond donors (Lipinski definition) is 1. The van der Waals surface area contributed by atoms with Crippen LogP contribution in [0.1, 0.15) is 41.9 Å². The summed E-state index contributed by atoms with van der Waals surface area (Å²) in [6, 6.07) is 4.92. The van der Waals surface area contributed by atoms with E-state index in [4.69, 9.17) is 14.2 Å². The minimum absolute atomic E-state index is 0.308. The lowest BCUT2D eigenvalue weighted by Crippen LogP contribution is -2.14. The largest absolute Gasteiger partial charge is 0.493 e. The second-order valence-corrected chi connectivity index (χ2v) is 8.73. The second kappa shape index (κ2) is 9.27.